The smallest absolute Gasteiger partial charge is 0.165 e. The predicted octanol–water partition coefficient (Wildman–Crippen LogP) is 2.89. The van der Waals surface area contributed by atoms with Gasteiger partial charge in [-0.3, -0.25) is 4.98 Å². The van der Waals surface area contributed by atoms with Gasteiger partial charge in [-0.25, -0.2) is 4.39 Å². The summed E-state index contributed by atoms with van der Waals surface area (Å²) in [6, 6.07) is 6.30. The highest BCUT2D eigenvalue weighted by Crippen LogP contribution is 2.25. The van der Waals surface area contributed by atoms with E-state index in [4.69, 9.17) is 10.5 Å². The van der Waals surface area contributed by atoms with E-state index in [0.717, 1.165) is 16.8 Å². The number of hydrogen-bond donors (Lipinski definition) is 1. The molecule has 0 saturated heterocycles. The number of hydrogen-bond acceptors (Lipinski definition) is 3. The van der Waals surface area contributed by atoms with Crippen molar-refractivity contribution in [3.05, 3.63) is 58.7 Å². The van der Waals surface area contributed by atoms with Crippen LogP contribution in [0.5, 0.6) is 5.75 Å². The molecule has 0 aliphatic heterocycles. The molecular weight excluding hydrogens is 243 g/mol. The Balaban J connectivity index is 2.38. The molecule has 0 aliphatic rings. The Labute approximate surface area is 112 Å². The summed E-state index contributed by atoms with van der Waals surface area (Å²) in [7, 11) is 1.43. The number of aromatic nitrogens is 1. The highest BCUT2D eigenvalue weighted by atomic mass is 19.1. The molecule has 0 spiro atoms. The summed E-state index contributed by atoms with van der Waals surface area (Å²) in [4.78, 5) is 4.35. The molecule has 2 rings (SSSR count). The van der Waals surface area contributed by atoms with Gasteiger partial charge >= 0.3 is 0 Å². The molecule has 0 bridgehead atoms. The lowest BCUT2D eigenvalue weighted by atomic mass is 10.00. The fraction of sp³-hybridized carbons (Fsp3) is 0.267. The minimum atomic E-state index is -0.444. The summed E-state index contributed by atoms with van der Waals surface area (Å²) in [6.45, 7) is 3.93. The van der Waals surface area contributed by atoms with Gasteiger partial charge in [-0.1, -0.05) is 12.1 Å². The largest absolute Gasteiger partial charge is 0.494 e. The molecule has 2 N–H and O–H groups in total. The lowest BCUT2D eigenvalue weighted by molar-refractivity contribution is 0.386. The third-order valence-electron chi connectivity index (χ3n) is 3.09. The minimum Gasteiger partial charge on any atom is -0.494 e. The highest BCUT2D eigenvalue weighted by Gasteiger charge is 2.15. The van der Waals surface area contributed by atoms with Crippen LogP contribution >= 0.6 is 0 Å². The number of nitrogens with two attached hydrogens (primary N) is 1. The van der Waals surface area contributed by atoms with Gasteiger partial charge in [-0.15, -0.1) is 0 Å². The van der Waals surface area contributed by atoms with Gasteiger partial charge < -0.3 is 10.5 Å². The monoisotopic (exact) mass is 260 g/mol. The van der Waals surface area contributed by atoms with Crippen LogP contribution < -0.4 is 10.5 Å². The minimum absolute atomic E-state index is 0.213. The Bertz CT molecular complexity index is 599. The second kappa shape index (κ2) is 5.36. The first kappa shape index (κ1) is 13.5. The van der Waals surface area contributed by atoms with Crippen LogP contribution in [0, 0.1) is 19.7 Å². The van der Waals surface area contributed by atoms with Crippen molar-refractivity contribution in [2.45, 2.75) is 19.9 Å². The van der Waals surface area contributed by atoms with Crippen LogP contribution in [-0.2, 0) is 0 Å². The van der Waals surface area contributed by atoms with E-state index in [1.807, 2.05) is 19.9 Å². The molecule has 0 saturated carbocycles. The van der Waals surface area contributed by atoms with E-state index in [1.54, 1.807) is 18.3 Å². The van der Waals surface area contributed by atoms with Gasteiger partial charge in [0, 0.05) is 6.20 Å². The molecule has 19 heavy (non-hydrogen) atoms. The first-order valence-corrected chi connectivity index (χ1v) is 6.05. The SMILES string of the molecule is COc1ccc(C(N)c2ncc(C)cc2C)cc1F. The van der Waals surface area contributed by atoms with Crippen LogP contribution in [0.15, 0.2) is 30.5 Å². The molecule has 1 aromatic carbocycles. The molecule has 0 fully saturated rings. The Morgan fingerprint density at radius 1 is 1.26 bits per heavy atom. The summed E-state index contributed by atoms with van der Waals surface area (Å²) >= 11 is 0. The van der Waals surface area contributed by atoms with Crippen molar-refractivity contribution >= 4 is 0 Å². The number of nitrogens with zero attached hydrogens (tertiary/aromatic N) is 1. The molecule has 2 aromatic rings. The van der Waals surface area contributed by atoms with Gasteiger partial charge in [0.25, 0.3) is 0 Å². The van der Waals surface area contributed by atoms with Crippen LogP contribution in [0.3, 0.4) is 0 Å². The molecule has 1 atom stereocenters. The van der Waals surface area contributed by atoms with Crippen molar-refractivity contribution < 1.29 is 9.13 Å². The number of halogens is 1. The molecule has 1 heterocycles. The summed E-state index contributed by atoms with van der Waals surface area (Å²) in [5, 5.41) is 0. The van der Waals surface area contributed by atoms with Crippen LogP contribution in [0.25, 0.3) is 0 Å². The van der Waals surface area contributed by atoms with E-state index in [2.05, 4.69) is 4.98 Å². The fourth-order valence-electron chi connectivity index (χ4n) is 2.09. The van der Waals surface area contributed by atoms with Crippen molar-refractivity contribution in [1.29, 1.82) is 0 Å². The van der Waals surface area contributed by atoms with Crippen LogP contribution in [-0.4, -0.2) is 12.1 Å². The molecular formula is C15H17FN2O. The number of aryl methyl sites for hydroxylation is 2. The number of ether oxygens (including phenoxy) is 1. The zero-order valence-electron chi connectivity index (χ0n) is 11.3. The second-order valence-corrected chi connectivity index (χ2v) is 4.59. The number of rotatable bonds is 3. The van der Waals surface area contributed by atoms with E-state index in [1.165, 1.54) is 13.2 Å². The first-order chi connectivity index (χ1) is 9.02. The van der Waals surface area contributed by atoms with Gasteiger partial charge in [0.2, 0.25) is 0 Å². The Morgan fingerprint density at radius 2 is 2.00 bits per heavy atom. The average molecular weight is 260 g/mol. The maximum atomic E-state index is 13.7. The molecule has 100 valence electrons. The molecule has 0 aliphatic carbocycles. The van der Waals surface area contributed by atoms with Gasteiger partial charge in [-0.05, 0) is 42.7 Å². The van der Waals surface area contributed by atoms with E-state index in [9.17, 15) is 4.39 Å². The van der Waals surface area contributed by atoms with Gasteiger partial charge in [0.1, 0.15) is 0 Å². The predicted molar refractivity (Wildman–Crippen MR) is 72.7 cm³/mol. The maximum absolute atomic E-state index is 13.7. The number of pyridine rings is 1. The van der Waals surface area contributed by atoms with Crippen molar-refractivity contribution in [3.8, 4) is 5.75 Å². The Morgan fingerprint density at radius 3 is 2.58 bits per heavy atom. The third-order valence-corrected chi connectivity index (χ3v) is 3.09. The summed E-state index contributed by atoms with van der Waals surface area (Å²) in [6.07, 6.45) is 1.77. The molecule has 1 unspecified atom stereocenters. The van der Waals surface area contributed by atoms with Crippen molar-refractivity contribution in [1.82, 2.24) is 4.98 Å². The van der Waals surface area contributed by atoms with E-state index in [-0.39, 0.29) is 5.75 Å². The summed E-state index contributed by atoms with van der Waals surface area (Å²) in [5.41, 5.74) is 9.68. The first-order valence-electron chi connectivity index (χ1n) is 6.05. The van der Waals surface area contributed by atoms with Gasteiger partial charge in [-0.2, -0.15) is 0 Å². The van der Waals surface area contributed by atoms with Gasteiger partial charge in [0.15, 0.2) is 11.6 Å². The third kappa shape index (κ3) is 2.74. The Kier molecular flexibility index (Phi) is 3.81. The molecule has 4 heteroatoms. The van der Waals surface area contributed by atoms with Gasteiger partial charge in [0.05, 0.1) is 18.8 Å². The Hall–Kier alpha value is -1.94. The van der Waals surface area contributed by atoms with E-state index < -0.39 is 11.9 Å². The molecule has 0 radical (unpaired) electrons. The van der Waals surface area contributed by atoms with Crippen molar-refractivity contribution in [3.63, 3.8) is 0 Å². The number of benzene rings is 1. The van der Waals surface area contributed by atoms with Crippen molar-refractivity contribution in [2.75, 3.05) is 7.11 Å². The lowest BCUT2D eigenvalue weighted by Gasteiger charge is -2.15. The maximum Gasteiger partial charge on any atom is 0.165 e. The van der Waals surface area contributed by atoms with E-state index >= 15 is 0 Å². The molecule has 0 amide bonds. The van der Waals surface area contributed by atoms with Crippen LogP contribution in [0.1, 0.15) is 28.4 Å². The topological polar surface area (TPSA) is 48.1 Å². The lowest BCUT2D eigenvalue weighted by Crippen LogP contribution is -2.15. The quantitative estimate of drug-likeness (QED) is 0.923. The van der Waals surface area contributed by atoms with Crippen LogP contribution in [0.4, 0.5) is 4.39 Å². The normalized spacial score (nSPS) is 12.3. The van der Waals surface area contributed by atoms with Crippen LogP contribution in [0.2, 0.25) is 0 Å². The van der Waals surface area contributed by atoms with Crippen molar-refractivity contribution in [2.24, 2.45) is 5.73 Å². The molecule has 1 aromatic heterocycles. The fourth-order valence-corrected chi connectivity index (χ4v) is 2.09. The van der Waals surface area contributed by atoms with E-state index in [0.29, 0.717) is 5.56 Å². The summed E-state index contributed by atoms with van der Waals surface area (Å²) in [5.74, 6) is -0.204. The molecule has 3 nitrogen and oxygen atoms in total. The average Bonchev–Trinajstić information content (AvgIpc) is 2.38. The zero-order valence-corrected chi connectivity index (χ0v) is 11.3. The number of methoxy groups -OCH3 is 1. The standard InChI is InChI=1S/C15H17FN2O/c1-9-6-10(2)15(18-8-9)14(17)11-4-5-13(19-3)12(16)7-11/h4-8,14H,17H2,1-3H3. The zero-order chi connectivity index (χ0) is 14.0. The highest BCUT2D eigenvalue weighted by molar-refractivity contribution is 5.37. The summed E-state index contributed by atoms with van der Waals surface area (Å²) < 4.78 is 18.6. The second-order valence-electron chi connectivity index (χ2n) is 4.59.